The standard InChI is InChI=1S/C14H28N6/c1-7-10-14(4,5)19-12-16-11(15-6)17-13(18-12)20(8-2)9-3/h7-10H2,1-6H3,(H2,15,16,17,18,19). The van der Waals surface area contributed by atoms with Crippen molar-refractivity contribution in [3.8, 4) is 0 Å². The van der Waals surface area contributed by atoms with Gasteiger partial charge in [-0.2, -0.15) is 15.0 Å². The van der Waals surface area contributed by atoms with Crippen LogP contribution >= 0.6 is 0 Å². The highest BCUT2D eigenvalue weighted by atomic mass is 15.3. The maximum absolute atomic E-state index is 4.54. The van der Waals surface area contributed by atoms with Crippen molar-refractivity contribution in [3.63, 3.8) is 0 Å². The summed E-state index contributed by atoms with van der Waals surface area (Å²) < 4.78 is 0. The predicted molar refractivity (Wildman–Crippen MR) is 85.5 cm³/mol. The SMILES string of the molecule is CCCC(C)(C)Nc1nc(NC)nc(N(CC)CC)n1. The van der Waals surface area contributed by atoms with Crippen LogP contribution in [0.25, 0.3) is 0 Å². The van der Waals surface area contributed by atoms with Gasteiger partial charge in [0.05, 0.1) is 0 Å². The van der Waals surface area contributed by atoms with Gasteiger partial charge in [-0.25, -0.2) is 0 Å². The van der Waals surface area contributed by atoms with Crippen molar-refractivity contribution in [1.82, 2.24) is 15.0 Å². The molecule has 1 aromatic heterocycles. The monoisotopic (exact) mass is 280 g/mol. The average Bonchev–Trinajstić information content (AvgIpc) is 2.39. The van der Waals surface area contributed by atoms with Gasteiger partial charge in [0.1, 0.15) is 0 Å². The van der Waals surface area contributed by atoms with Gasteiger partial charge >= 0.3 is 0 Å². The van der Waals surface area contributed by atoms with E-state index in [0.717, 1.165) is 25.9 Å². The molecule has 1 rings (SSSR count). The Morgan fingerprint density at radius 1 is 1.00 bits per heavy atom. The highest BCUT2D eigenvalue weighted by Gasteiger charge is 2.19. The van der Waals surface area contributed by atoms with Crippen molar-refractivity contribution < 1.29 is 0 Å². The molecule has 6 nitrogen and oxygen atoms in total. The van der Waals surface area contributed by atoms with E-state index in [1.54, 1.807) is 0 Å². The first kappa shape index (κ1) is 16.5. The first-order valence-corrected chi connectivity index (χ1v) is 7.42. The number of nitrogens with zero attached hydrogens (tertiary/aromatic N) is 4. The minimum atomic E-state index is -0.0261. The molecule has 114 valence electrons. The summed E-state index contributed by atoms with van der Waals surface area (Å²) in [5.74, 6) is 1.94. The van der Waals surface area contributed by atoms with Crippen LogP contribution in [0.1, 0.15) is 47.5 Å². The number of aromatic nitrogens is 3. The molecule has 0 atom stereocenters. The molecule has 6 heteroatoms. The Balaban J connectivity index is 3.04. The Morgan fingerprint density at radius 2 is 1.60 bits per heavy atom. The van der Waals surface area contributed by atoms with Crippen LogP contribution < -0.4 is 15.5 Å². The smallest absolute Gasteiger partial charge is 0.231 e. The van der Waals surface area contributed by atoms with E-state index in [0.29, 0.717) is 17.8 Å². The lowest BCUT2D eigenvalue weighted by Gasteiger charge is -2.27. The lowest BCUT2D eigenvalue weighted by atomic mass is 9.99. The van der Waals surface area contributed by atoms with Gasteiger partial charge in [-0.3, -0.25) is 0 Å². The van der Waals surface area contributed by atoms with Gasteiger partial charge in [0.15, 0.2) is 0 Å². The molecule has 0 fully saturated rings. The van der Waals surface area contributed by atoms with Crippen LogP contribution in [-0.4, -0.2) is 40.6 Å². The largest absolute Gasteiger partial charge is 0.357 e. The topological polar surface area (TPSA) is 66.0 Å². The zero-order chi connectivity index (χ0) is 15.2. The molecule has 20 heavy (non-hydrogen) atoms. The molecule has 0 radical (unpaired) electrons. The van der Waals surface area contributed by atoms with E-state index < -0.39 is 0 Å². The maximum Gasteiger partial charge on any atom is 0.231 e. The van der Waals surface area contributed by atoms with Crippen LogP contribution in [0.4, 0.5) is 17.8 Å². The predicted octanol–water partition coefficient (Wildman–Crippen LogP) is 2.75. The summed E-state index contributed by atoms with van der Waals surface area (Å²) in [5, 5.41) is 6.41. The van der Waals surface area contributed by atoms with Crippen molar-refractivity contribution in [2.24, 2.45) is 0 Å². The molecular weight excluding hydrogens is 252 g/mol. The van der Waals surface area contributed by atoms with Gasteiger partial charge in [0.2, 0.25) is 17.8 Å². The molecule has 0 unspecified atom stereocenters. The summed E-state index contributed by atoms with van der Waals surface area (Å²) in [6, 6.07) is 0. The Kier molecular flexibility index (Phi) is 5.98. The van der Waals surface area contributed by atoms with Gasteiger partial charge in [-0.15, -0.1) is 0 Å². The lowest BCUT2D eigenvalue weighted by Crippen LogP contribution is -2.32. The fourth-order valence-corrected chi connectivity index (χ4v) is 2.17. The summed E-state index contributed by atoms with van der Waals surface area (Å²) >= 11 is 0. The fraction of sp³-hybridized carbons (Fsp3) is 0.786. The normalized spacial score (nSPS) is 11.3. The van der Waals surface area contributed by atoms with E-state index in [9.17, 15) is 0 Å². The van der Waals surface area contributed by atoms with Gasteiger partial charge in [0.25, 0.3) is 0 Å². The third kappa shape index (κ3) is 4.51. The highest BCUT2D eigenvalue weighted by molar-refractivity contribution is 5.44. The van der Waals surface area contributed by atoms with Crippen LogP contribution in [0.15, 0.2) is 0 Å². The number of anilines is 3. The molecule has 0 aliphatic carbocycles. The average molecular weight is 280 g/mol. The Morgan fingerprint density at radius 3 is 2.10 bits per heavy atom. The van der Waals surface area contributed by atoms with Crippen molar-refractivity contribution in [2.75, 3.05) is 35.7 Å². The van der Waals surface area contributed by atoms with Gasteiger partial charge in [-0.05, 0) is 34.1 Å². The molecule has 1 heterocycles. The van der Waals surface area contributed by atoms with Gasteiger partial charge < -0.3 is 15.5 Å². The molecule has 0 spiro atoms. The second-order valence-electron chi connectivity index (χ2n) is 5.46. The number of hydrogen-bond donors (Lipinski definition) is 2. The summed E-state index contributed by atoms with van der Waals surface area (Å²) in [6.45, 7) is 12.5. The van der Waals surface area contributed by atoms with Crippen molar-refractivity contribution in [1.29, 1.82) is 0 Å². The second kappa shape index (κ2) is 7.26. The lowest BCUT2D eigenvalue weighted by molar-refractivity contribution is 0.506. The van der Waals surface area contributed by atoms with Crippen LogP contribution in [0, 0.1) is 0 Å². The molecule has 0 saturated carbocycles. The van der Waals surface area contributed by atoms with Crippen LogP contribution in [0.5, 0.6) is 0 Å². The van der Waals surface area contributed by atoms with E-state index in [4.69, 9.17) is 0 Å². The molecule has 0 aliphatic heterocycles. The molecule has 0 bridgehead atoms. The molecule has 2 N–H and O–H groups in total. The minimum absolute atomic E-state index is 0.0261. The summed E-state index contributed by atoms with van der Waals surface area (Å²) in [6.07, 6.45) is 2.18. The third-order valence-corrected chi connectivity index (χ3v) is 3.22. The molecule has 0 amide bonds. The van der Waals surface area contributed by atoms with Crippen LogP contribution in [-0.2, 0) is 0 Å². The van der Waals surface area contributed by atoms with Gasteiger partial charge in [-0.1, -0.05) is 13.3 Å². The minimum Gasteiger partial charge on any atom is -0.357 e. The number of rotatable bonds is 8. The van der Waals surface area contributed by atoms with Crippen molar-refractivity contribution in [3.05, 3.63) is 0 Å². The summed E-state index contributed by atoms with van der Waals surface area (Å²) in [7, 11) is 1.82. The van der Waals surface area contributed by atoms with E-state index in [1.807, 2.05) is 7.05 Å². The van der Waals surface area contributed by atoms with E-state index in [1.165, 1.54) is 0 Å². The first-order valence-electron chi connectivity index (χ1n) is 7.42. The quantitative estimate of drug-likeness (QED) is 0.763. The number of hydrogen-bond acceptors (Lipinski definition) is 6. The second-order valence-corrected chi connectivity index (χ2v) is 5.46. The van der Waals surface area contributed by atoms with Crippen LogP contribution in [0.3, 0.4) is 0 Å². The zero-order valence-electron chi connectivity index (χ0n) is 13.6. The molecule has 0 aliphatic rings. The first-order chi connectivity index (χ1) is 9.45. The summed E-state index contributed by atoms with van der Waals surface area (Å²) in [5.41, 5.74) is -0.0261. The van der Waals surface area contributed by atoms with Crippen molar-refractivity contribution in [2.45, 2.75) is 53.0 Å². The number of nitrogens with one attached hydrogen (secondary N) is 2. The highest BCUT2D eigenvalue weighted by Crippen LogP contribution is 2.19. The molecule has 0 saturated heterocycles. The Labute approximate surface area is 122 Å². The molecule has 0 aromatic carbocycles. The zero-order valence-corrected chi connectivity index (χ0v) is 13.6. The van der Waals surface area contributed by atoms with Gasteiger partial charge in [0, 0.05) is 25.7 Å². The van der Waals surface area contributed by atoms with E-state index >= 15 is 0 Å². The fourth-order valence-electron chi connectivity index (χ4n) is 2.17. The van der Waals surface area contributed by atoms with E-state index in [-0.39, 0.29) is 5.54 Å². The molecule has 1 aromatic rings. The van der Waals surface area contributed by atoms with Crippen LogP contribution in [0.2, 0.25) is 0 Å². The third-order valence-electron chi connectivity index (χ3n) is 3.22. The van der Waals surface area contributed by atoms with E-state index in [2.05, 4.69) is 65.1 Å². The van der Waals surface area contributed by atoms with Crippen molar-refractivity contribution >= 4 is 17.8 Å². The Hall–Kier alpha value is -1.59. The Bertz CT molecular complexity index is 414. The molecular formula is C14H28N6. The summed E-state index contributed by atoms with van der Waals surface area (Å²) in [4.78, 5) is 15.5. The maximum atomic E-state index is 4.54.